The molecule has 0 spiro atoms. The molecule has 0 aliphatic carbocycles. The number of nitrogens with one attached hydrogen (secondary N) is 1. The van der Waals surface area contributed by atoms with Gasteiger partial charge in [-0.15, -0.1) is 11.3 Å². The van der Waals surface area contributed by atoms with Gasteiger partial charge in [0.1, 0.15) is 6.04 Å². The summed E-state index contributed by atoms with van der Waals surface area (Å²) in [5.41, 5.74) is 0. The molecule has 17 heavy (non-hydrogen) atoms. The normalized spacial score (nSPS) is 13.5. The summed E-state index contributed by atoms with van der Waals surface area (Å²) in [6.07, 6.45) is 0.324. The van der Waals surface area contributed by atoms with Gasteiger partial charge in [-0.2, -0.15) is 4.72 Å². The van der Waals surface area contributed by atoms with Gasteiger partial charge in [0.25, 0.3) is 0 Å². The highest BCUT2D eigenvalue weighted by Gasteiger charge is 2.22. The number of sulfonamides is 1. The van der Waals surface area contributed by atoms with E-state index in [1.54, 1.807) is 6.07 Å². The predicted molar refractivity (Wildman–Crippen MR) is 63.5 cm³/mol. The summed E-state index contributed by atoms with van der Waals surface area (Å²) >= 11 is 1.44. The average molecular weight is 279 g/mol. The summed E-state index contributed by atoms with van der Waals surface area (Å²) in [5.74, 6) is -1.59. The molecule has 0 radical (unpaired) electrons. The Labute approximate surface area is 103 Å². The summed E-state index contributed by atoms with van der Waals surface area (Å²) in [6.45, 7) is -0.770. The molecule has 1 atom stereocenters. The molecule has 0 bridgehead atoms. The molecule has 0 saturated heterocycles. The topological polar surface area (TPSA) is 104 Å². The van der Waals surface area contributed by atoms with E-state index >= 15 is 0 Å². The van der Waals surface area contributed by atoms with Crippen LogP contribution in [-0.2, 0) is 21.2 Å². The zero-order valence-electron chi connectivity index (χ0n) is 8.87. The number of aliphatic hydroxyl groups is 1. The van der Waals surface area contributed by atoms with E-state index in [2.05, 4.69) is 0 Å². The average Bonchev–Trinajstić information content (AvgIpc) is 2.76. The van der Waals surface area contributed by atoms with E-state index in [0.717, 1.165) is 4.88 Å². The smallest absolute Gasteiger partial charge is 0.324 e. The van der Waals surface area contributed by atoms with Crippen LogP contribution in [0, 0.1) is 0 Å². The fraction of sp³-hybridized carbons (Fsp3) is 0.444. The molecule has 0 aliphatic heterocycles. The lowest BCUT2D eigenvalue weighted by molar-refractivity contribution is -0.139. The Kier molecular flexibility index (Phi) is 5.06. The van der Waals surface area contributed by atoms with E-state index in [1.165, 1.54) is 11.3 Å². The molecule has 6 nitrogen and oxygen atoms in total. The van der Waals surface area contributed by atoms with Crippen LogP contribution in [0.15, 0.2) is 17.5 Å². The molecule has 96 valence electrons. The van der Waals surface area contributed by atoms with Crippen molar-refractivity contribution in [2.24, 2.45) is 0 Å². The quantitative estimate of drug-likeness (QED) is 0.633. The van der Waals surface area contributed by atoms with Crippen LogP contribution in [-0.4, -0.2) is 43.0 Å². The van der Waals surface area contributed by atoms with Gasteiger partial charge in [-0.1, -0.05) is 6.07 Å². The number of aliphatic hydroxyl groups excluding tert-OH is 1. The minimum atomic E-state index is -3.70. The number of carboxylic acids is 1. The number of carboxylic acid groups (broad SMARTS) is 1. The van der Waals surface area contributed by atoms with Gasteiger partial charge >= 0.3 is 5.97 Å². The summed E-state index contributed by atoms with van der Waals surface area (Å²) in [6, 6.07) is 2.14. The molecule has 3 N–H and O–H groups in total. The molecule has 0 fully saturated rings. The van der Waals surface area contributed by atoms with Crippen LogP contribution >= 0.6 is 11.3 Å². The Bertz CT molecular complexity index is 454. The summed E-state index contributed by atoms with van der Waals surface area (Å²) < 4.78 is 25.0. The van der Waals surface area contributed by atoms with Gasteiger partial charge in [0.15, 0.2) is 0 Å². The van der Waals surface area contributed by atoms with Gasteiger partial charge in [-0.25, -0.2) is 8.42 Å². The van der Waals surface area contributed by atoms with E-state index in [0.29, 0.717) is 6.42 Å². The van der Waals surface area contributed by atoms with Crippen LogP contribution < -0.4 is 4.72 Å². The lowest BCUT2D eigenvalue weighted by atomic mass is 10.3. The summed E-state index contributed by atoms with van der Waals surface area (Å²) in [5, 5.41) is 19.1. The van der Waals surface area contributed by atoms with Crippen LogP contribution in [0.4, 0.5) is 0 Å². The first-order valence-corrected chi connectivity index (χ1v) is 7.34. The maximum atomic E-state index is 11.5. The highest BCUT2D eigenvalue weighted by atomic mass is 32.2. The van der Waals surface area contributed by atoms with E-state index in [1.807, 2.05) is 16.2 Å². The van der Waals surface area contributed by atoms with Crippen molar-refractivity contribution in [1.82, 2.24) is 4.72 Å². The minimum Gasteiger partial charge on any atom is -0.480 e. The lowest BCUT2D eigenvalue weighted by Crippen LogP contribution is -2.44. The third-order valence-corrected chi connectivity index (χ3v) is 4.32. The van der Waals surface area contributed by atoms with Crippen LogP contribution in [0.3, 0.4) is 0 Å². The van der Waals surface area contributed by atoms with Gasteiger partial charge in [0.05, 0.1) is 12.4 Å². The molecule has 0 amide bonds. The fourth-order valence-corrected chi connectivity index (χ4v) is 3.18. The third kappa shape index (κ3) is 4.82. The van der Waals surface area contributed by atoms with E-state index in [-0.39, 0.29) is 5.75 Å². The predicted octanol–water partition coefficient (Wildman–Crippen LogP) is -0.344. The summed E-state index contributed by atoms with van der Waals surface area (Å²) in [7, 11) is -3.70. The first-order chi connectivity index (χ1) is 7.94. The van der Waals surface area contributed by atoms with Gasteiger partial charge in [-0.05, 0) is 17.9 Å². The summed E-state index contributed by atoms with van der Waals surface area (Å²) in [4.78, 5) is 11.5. The van der Waals surface area contributed by atoms with Gasteiger partial charge in [0.2, 0.25) is 10.0 Å². The maximum absolute atomic E-state index is 11.5. The van der Waals surface area contributed by atoms with E-state index in [4.69, 9.17) is 10.2 Å². The van der Waals surface area contributed by atoms with Crippen LogP contribution in [0.1, 0.15) is 4.88 Å². The lowest BCUT2D eigenvalue weighted by Gasteiger charge is -2.11. The zero-order valence-corrected chi connectivity index (χ0v) is 10.5. The van der Waals surface area contributed by atoms with Crippen molar-refractivity contribution in [1.29, 1.82) is 0 Å². The van der Waals surface area contributed by atoms with Crippen molar-refractivity contribution in [2.75, 3.05) is 12.4 Å². The second-order valence-electron chi connectivity index (χ2n) is 3.34. The van der Waals surface area contributed by atoms with Gasteiger partial charge in [-0.3, -0.25) is 4.79 Å². The number of carbonyl (C=O) groups is 1. The van der Waals surface area contributed by atoms with Gasteiger partial charge < -0.3 is 10.2 Å². The highest BCUT2D eigenvalue weighted by molar-refractivity contribution is 7.89. The van der Waals surface area contributed by atoms with Crippen molar-refractivity contribution in [2.45, 2.75) is 12.5 Å². The van der Waals surface area contributed by atoms with Gasteiger partial charge in [0, 0.05) is 4.88 Å². The Morgan fingerprint density at radius 3 is 2.71 bits per heavy atom. The Balaban J connectivity index is 2.54. The monoisotopic (exact) mass is 279 g/mol. The first kappa shape index (κ1) is 14.1. The van der Waals surface area contributed by atoms with E-state index < -0.39 is 28.6 Å². The first-order valence-electron chi connectivity index (χ1n) is 4.80. The van der Waals surface area contributed by atoms with Crippen molar-refractivity contribution < 1.29 is 23.4 Å². The Hall–Kier alpha value is -0.960. The molecular formula is C9H13NO5S2. The van der Waals surface area contributed by atoms with Crippen LogP contribution in [0.5, 0.6) is 0 Å². The molecule has 0 aromatic carbocycles. The van der Waals surface area contributed by atoms with Crippen molar-refractivity contribution in [3.8, 4) is 0 Å². The fourth-order valence-electron chi connectivity index (χ4n) is 1.13. The minimum absolute atomic E-state index is 0.197. The highest BCUT2D eigenvalue weighted by Crippen LogP contribution is 2.09. The second kappa shape index (κ2) is 6.10. The largest absolute Gasteiger partial charge is 0.480 e. The number of aliphatic carboxylic acids is 1. The van der Waals surface area contributed by atoms with Crippen molar-refractivity contribution in [3.05, 3.63) is 22.4 Å². The molecule has 8 heteroatoms. The van der Waals surface area contributed by atoms with Crippen LogP contribution in [0.2, 0.25) is 0 Å². The zero-order chi connectivity index (χ0) is 12.9. The maximum Gasteiger partial charge on any atom is 0.324 e. The number of thiophene rings is 1. The number of rotatable bonds is 7. The standard InChI is InChI=1S/C9H13NO5S2/c11-6-8(9(12)13)10-17(14,15)5-3-7-2-1-4-16-7/h1-2,4,8,10-11H,3,5-6H2,(H,12,13)/t8-/m0/s1. The molecule has 1 aromatic rings. The molecule has 1 heterocycles. The third-order valence-electron chi connectivity index (χ3n) is 2.00. The molecule has 0 saturated carbocycles. The molecule has 0 aliphatic rings. The number of hydrogen-bond donors (Lipinski definition) is 3. The molecule has 1 rings (SSSR count). The van der Waals surface area contributed by atoms with E-state index in [9.17, 15) is 13.2 Å². The molecule has 0 unspecified atom stereocenters. The SMILES string of the molecule is O=C(O)[C@H](CO)NS(=O)(=O)CCc1cccs1. The number of aryl methyl sites for hydroxylation is 1. The second-order valence-corrected chi connectivity index (χ2v) is 6.25. The molecule has 1 aromatic heterocycles. The number of hydrogen-bond acceptors (Lipinski definition) is 5. The Morgan fingerprint density at radius 2 is 2.24 bits per heavy atom. The molecular weight excluding hydrogens is 266 g/mol. The van der Waals surface area contributed by atoms with Crippen molar-refractivity contribution in [3.63, 3.8) is 0 Å². The van der Waals surface area contributed by atoms with Crippen molar-refractivity contribution >= 4 is 27.3 Å². The van der Waals surface area contributed by atoms with Crippen LogP contribution in [0.25, 0.3) is 0 Å². The Morgan fingerprint density at radius 1 is 1.53 bits per heavy atom.